The first-order chi connectivity index (χ1) is 53.5. The molecule has 3 fully saturated rings. The van der Waals surface area contributed by atoms with Gasteiger partial charge in [0.15, 0.2) is 0 Å². The van der Waals surface area contributed by atoms with Gasteiger partial charge in [-0.25, -0.2) is 43.5 Å². The van der Waals surface area contributed by atoms with Crippen LogP contribution in [0.25, 0.3) is 31.7 Å². The summed E-state index contributed by atoms with van der Waals surface area (Å²) in [6.45, 7) is 9.09. The molecule has 0 aliphatic carbocycles. The van der Waals surface area contributed by atoms with Crippen molar-refractivity contribution in [2.24, 2.45) is 0 Å². The van der Waals surface area contributed by atoms with Crippen LogP contribution < -0.4 is 36.1 Å². The zero-order valence-electron chi connectivity index (χ0n) is 61.2. The van der Waals surface area contributed by atoms with Gasteiger partial charge in [0.25, 0.3) is 17.7 Å². The van der Waals surface area contributed by atoms with Gasteiger partial charge in [0.2, 0.25) is 29.7 Å². The molecule has 0 saturated carbocycles. The standard InChI is InChI=1S/2C28H31ClFN5O5S.C19H21ClN4O4S/c2*1-15(26(37)33-22(14-36)16-9-17(30)11-19(10-16)39-2)35-6-3-23-20(27(35)38)12-24(41-23)25-21(29)13-31-28(34-25)32-18-4-7-40-8-5-18;1-10(18(26)27)24-5-2-14-12(17(24)25)8-15(29-14)16-13(20)9-21-19(23-16)22-11-3-6-28-7-4-11/h2*9-13,15,18,22,36H,3-8,14H2,1-2H3,(H,33,37)(H,31,32,34);8-11H,2-7H2,1H3,(H,26,27)(H,21,22,23)/t15-,22+;15-,22-;/m01./s1. The van der Waals surface area contributed by atoms with Crippen LogP contribution in [-0.2, 0) is 47.9 Å². The highest BCUT2D eigenvalue weighted by Crippen LogP contribution is 2.42. The molecule has 1 unspecified atom stereocenters. The molecule has 2 aromatic carbocycles. The Bertz CT molecular complexity index is 4500. The number of anilines is 3. The van der Waals surface area contributed by atoms with Gasteiger partial charge in [-0.1, -0.05) is 34.8 Å². The highest BCUT2D eigenvalue weighted by Gasteiger charge is 2.38. The van der Waals surface area contributed by atoms with Crippen molar-refractivity contribution in [2.75, 3.05) is 103 Å². The first kappa shape index (κ1) is 81.6. The number of carbonyl (C=O) groups is 6. The Balaban J connectivity index is 0.000000157. The van der Waals surface area contributed by atoms with E-state index in [0.717, 1.165) is 67.8 Å². The van der Waals surface area contributed by atoms with Gasteiger partial charge in [-0.05, 0) is 113 Å². The van der Waals surface area contributed by atoms with E-state index >= 15 is 0 Å². The van der Waals surface area contributed by atoms with Gasteiger partial charge in [0.1, 0.15) is 58.3 Å². The molecule has 14 rings (SSSR count). The number of fused-ring (bicyclic) bond motifs is 3. The number of thiophene rings is 3. The van der Waals surface area contributed by atoms with Gasteiger partial charge >= 0.3 is 5.97 Å². The lowest BCUT2D eigenvalue weighted by atomic mass is 10.0. The van der Waals surface area contributed by atoms with Crippen LogP contribution in [0, 0.1) is 11.6 Å². The Morgan fingerprint density at radius 3 is 1.10 bits per heavy atom. The number of halogens is 5. The van der Waals surface area contributed by atoms with E-state index < -0.39 is 72.8 Å². The Morgan fingerprint density at radius 1 is 0.505 bits per heavy atom. The number of benzene rings is 2. The molecule has 3 saturated heterocycles. The van der Waals surface area contributed by atoms with Crippen LogP contribution in [0.2, 0.25) is 15.1 Å². The summed E-state index contributed by atoms with van der Waals surface area (Å²) in [6.07, 6.45) is 11.6. The topological polar surface area (TPSA) is 356 Å². The predicted molar refractivity (Wildman–Crippen MR) is 416 cm³/mol. The normalized spacial score (nSPS) is 17.4. The summed E-state index contributed by atoms with van der Waals surface area (Å²) >= 11 is 23.7. The van der Waals surface area contributed by atoms with Crippen molar-refractivity contribution in [1.29, 1.82) is 0 Å². The third kappa shape index (κ3) is 19.6. The van der Waals surface area contributed by atoms with E-state index in [9.17, 15) is 52.9 Å². The number of aliphatic hydroxyl groups excluding tert-OH is 2. The zero-order chi connectivity index (χ0) is 78.7. The van der Waals surface area contributed by atoms with Crippen LogP contribution in [0.15, 0.2) is 73.2 Å². The van der Waals surface area contributed by atoms with Crippen LogP contribution in [0.4, 0.5) is 26.6 Å². The van der Waals surface area contributed by atoms with Gasteiger partial charge in [0, 0.05) is 123 Å². The minimum absolute atomic E-state index is 0.213. The lowest BCUT2D eigenvalue weighted by molar-refractivity contribution is -0.141. The van der Waals surface area contributed by atoms with Crippen molar-refractivity contribution < 1.29 is 76.6 Å². The minimum Gasteiger partial charge on any atom is -0.497 e. The molecule has 0 spiro atoms. The van der Waals surface area contributed by atoms with Crippen molar-refractivity contribution in [3.63, 3.8) is 0 Å². The number of nitrogens with one attached hydrogen (secondary N) is 5. The van der Waals surface area contributed by atoms with Crippen LogP contribution in [0.5, 0.6) is 11.5 Å². The third-order valence-corrected chi connectivity index (χ3v) is 24.3. The van der Waals surface area contributed by atoms with Gasteiger partial charge < -0.3 is 80.3 Å². The van der Waals surface area contributed by atoms with Crippen molar-refractivity contribution >= 4 is 122 Å². The molecule has 6 aromatic heterocycles. The first-order valence-corrected chi connectivity index (χ1v) is 39.7. The molecule has 5 atom stereocenters. The highest BCUT2D eigenvalue weighted by molar-refractivity contribution is 7.16. The first-order valence-electron chi connectivity index (χ1n) is 36.1. The summed E-state index contributed by atoms with van der Waals surface area (Å²) in [6, 6.07) is 9.65. The van der Waals surface area contributed by atoms with Crippen LogP contribution >= 0.6 is 68.8 Å². The second-order valence-electron chi connectivity index (χ2n) is 27.1. The lowest BCUT2D eigenvalue weighted by Gasteiger charge is -2.32. The number of ether oxygens (including phenoxy) is 5. The van der Waals surface area contributed by atoms with Crippen molar-refractivity contribution in [3.8, 4) is 43.2 Å². The third-order valence-electron chi connectivity index (χ3n) is 19.8. The van der Waals surface area contributed by atoms with Crippen molar-refractivity contribution in [3.05, 3.63) is 142 Å². The molecule has 5 amide bonds. The van der Waals surface area contributed by atoms with Crippen LogP contribution in [0.3, 0.4) is 0 Å². The van der Waals surface area contributed by atoms with E-state index in [1.165, 1.54) is 94.1 Å². The molecule has 28 nitrogen and oxygen atoms in total. The van der Waals surface area contributed by atoms with E-state index in [1.807, 2.05) is 0 Å². The number of carbonyl (C=O) groups excluding carboxylic acids is 5. The average molecular weight is 1650 g/mol. The predicted octanol–water partition coefficient (Wildman–Crippen LogP) is 10.6. The van der Waals surface area contributed by atoms with Crippen LogP contribution in [-0.4, -0.2) is 218 Å². The summed E-state index contributed by atoms with van der Waals surface area (Å²) in [7, 11) is 2.81. The van der Waals surface area contributed by atoms with E-state index in [0.29, 0.717) is 156 Å². The monoisotopic (exact) mass is 1640 g/mol. The molecular weight excluding hydrogens is 1560 g/mol. The number of aliphatic hydroxyl groups is 2. The summed E-state index contributed by atoms with van der Waals surface area (Å²) < 4.78 is 54.4. The van der Waals surface area contributed by atoms with E-state index in [-0.39, 0.29) is 47.3 Å². The molecule has 111 heavy (non-hydrogen) atoms. The zero-order valence-corrected chi connectivity index (χ0v) is 65.9. The SMILES string of the molecule is CC(C(=O)O)N1CCc2sc(-c3nc(NC4CCOCC4)ncc3Cl)cc2C1=O.COc1cc(F)cc([C@@H](CO)NC(=O)[C@@H](C)N2CCc3sc(-c4nc(NC5CCOCC5)ncc4Cl)cc3C2=O)c1.COc1cc(F)cc([C@@H](CO)NC(=O)[C@H](C)N2CCc3sc(-c4nc(NC5CCOCC5)ncc4Cl)cc3C2=O)c1. The molecule has 0 radical (unpaired) electrons. The summed E-state index contributed by atoms with van der Waals surface area (Å²) in [5, 5.41) is 45.7. The molecule has 0 bridgehead atoms. The molecule has 12 heterocycles. The number of aromatic nitrogens is 6. The maximum Gasteiger partial charge on any atom is 0.326 e. The number of carboxylic acid groups (broad SMARTS) is 1. The van der Waals surface area contributed by atoms with E-state index in [1.54, 1.807) is 62.8 Å². The molecule has 36 heteroatoms. The number of nitrogens with zero attached hydrogens (tertiary/aromatic N) is 9. The number of rotatable bonds is 23. The number of methoxy groups -OCH3 is 2. The highest BCUT2D eigenvalue weighted by atomic mass is 35.5. The Labute approximate surface area is 664 Å². The fourth-order valence-electron chi connectivity index (χ4n) is 13.5. The number of carboxylic acids is 1. The maximum absolute atomic E-state index is 14.0. The molecule has 6 aliphatic rings. The average Bonchev–Trinajstić information content (AvgIpc) is 1.66. The number of aliphatic carboxylic acids is 1. The van der Waals surface area contributed by atoms with Crippen LogP contribution in [0.1, 0.15) is 128 Å². The Morgan fingerprint density at radius 2 is 0.811 bits per heavy atom. The maximum atomic E-state index is 14.0. The fourth-order valence-corrected chi connectivity index (χ4v) is 17.6. The molecule has 8 aromatic rings. The number of amides is 5. The van der Waals surface area contributed by atoms with Crippen molar-refractivity contribution in [2.45, 2.75) is 127 Å². The second kappa shape index (κ2) is 37.2. The molecule has 8 N–H and O–H groups in total. The number of hydrogen-bond acceptors (Lipinski definition) is 25. The molecular formula is C75H83Cl3F2N14O14S3. The summed E-state index contributed by atoms with van der Waals surface area (Å²) in [5.74, 6) is -1.93. The Kier molecular flexibility index (Phi) is 27.3. The molecule has 6 aliphatic heterocycles. The van der Waals surface area contributed by atoms with E-state index in [2.05, 4.69) is 56.5 Å². The second-order valence-corrected chi connectivity index (χ2v) is 31.7. The smallest absolute Gasteiger partial charge is 0.326 e. The quantitative estimate of drug-likeness (QED) is 0.0295. The molecule has 590 valence electrons. The summed E-state index contributed by atoms with van der Waals surface area (Å²) in [4.78, 5) is 114. The number of hydrogen-bond donors (Lipinski definition) is 8. The largest absolute Gasteiger partial charge is 0.497 e. The Hall–Kier alpha value is -8.87. The van der Waals surface area contributed by atoms with E-state index in [4.69, 9.17) is 58.5 Å². The lowest BCUT2D eigenvalue weighted by Crippen LogP contribution is -2.51. The van der Waals surface area contributed by atoms with Crippen molar-refractivity contribution in [1.82, 2.24) is 55.2 Å². The van der Waals surface area contributed by atoms with Gasteiger partial charge in [-0.15, -0.1) is 34.0 Å². The fraction of sp³-hybridized carbons (Fsp3) is 0.440. The summed E-state index contributed by atoms with van der Waals surface area (Å²) in [5.41, 5.74) is 3.88. The van der Waals surface area contributed by atoms with Gasteiger partial charge in [-0.3, -0.25) is 24.0 Å². The van der Waals surface area contributed by atoms with Gasteiger partial charge in [0.05, 0.1) is 104 Å². The minimum atomic E-state index is -1.01. The van der Waals surface area contributed by atoms with Gasteiger partial charge in [-0.2, -0.15) is 0 Å².